The lowest BCUT2D eigenvalue weighted by molar-refractivity contribution is 0.0910. The van der Waals surface area contributed by atoms with Gasteiger partial charge in [-0.3, -0.25) is 9.69 Å². The smallest absolute Gasteiger partial charge is 0.287 e. The highest BCUT2D eigenvalue weighted by atomic mass is 16.3. The highest BCUT2D eigenvalue weighted by Crippen LogP contribution is 2.31. The third-order valence-corrected chi connectivity index (χ3v) is 5.62. The van der Waals surface area contributed by atoms with Gasteiger partial charge in [0.05, 0.1) is 12.3 Å². The molecule has 26 heavy (non-hydrogen) atoms. The zero-order valence-corrected chi connectivity index (χ0v) is 15.4. The lowest BCUT2D eigenvalue weighted by Crippen LogP contribution is -2.37. The quantitative estimate of drug-likeness (QED) is 0.897. The van der Waals surface area contributed by atoms with Gasteiger partial charge in [0.2, 0.25) is 0 Å². The first-order valence-corrected chi connectivity index (χ1v) is 9.62. The van der Waals surface area contributed by atoms with Gasteiger partial charge < -0.3 is 14.6 Å². The van der Waals surface area contributed by atoms with Crippen LogP contribution in [0.2, 0.25) is 0 Å². The molecular weight excluding hydrogens is 326 g/mol. The molecule has 3 heterocycles. The maximum absolute atomic E-state index is 12.3. The second-order valence-corrected chi connectivity index (χ2v) is 7.36. The third kappa shape index (κ3) is 3.49. The number of nitrogens with one attached hydrogen (secondary N) is 1. The summed E-state index contributed by atoms with van der Waals surface area (Å²) < 4.78 is 5.21. The number of fused-ring (bicyclic) bond motifs is 1. The van der Waals surface area contributed by atoms with Crippen molar-refractivity contribution < 1.29 is 9.21 Å². The van der Waals surface area contributed by atoms with Crippen LogP contribution in [0.3, 0.4) is 0 Å². The number of carbonyl (C=O) groups is 1. The van der Waals surface area contributed by atoms with Crippen LogP contribution in [0.15, 0.2) is 41.0 Å². The van der Waals surface area contributed by atoms with Crippen molar-refractivity contribution in [3.63, 3.8) is 0 Å². The Labute approximate surface area is 155 Å². The van der Waals surface area contributed by atoms with Gasteiger partial charge in [-0.25, -0.2) is 0 Å². The Balaban J connectivity index is 1.54. The molecule has 5 nitrogen and oxygen atoms in total. The third-order valence-electron chi connectivity index (χ3n) is 5.62. The Morgan fingerprint density at radius 1 is 1.19 bits per heavy atom. The number of amides is 1. The van der Waals surface area contributed by atoms with Crippen LogP contribution in [0.25, 0.3) is 0 Å². The van der Waals surface area contributed by atoms with Crippen molar-refractivity contribution in [2.24, 2.45) is 0 Å². The molecule has 0 radical (unpaired) electrons. The number of benzene rings is 1. The van der Waals surface area contributed by atoms with Gasteiger partial charge >= 0.3 is 0 Å². The Hall–Kier alpha value is -2.27. The van der Waals surface area contributed by atoms with Gasteiger partial charge in [-0.2, -0.15) is 0 Å². The summed E-state index contributed by atoms with van der Waals surface area (Å²) in [5, 5.41) is 3.06. The van der Waals surface area contributed by atoms with Crippen molar-refractivity contribution in [1.29, 1.82) is 0 Å². The maximum atomic E-state index is 12.3. The minimum atomic E-state index is -0.142. The average Bonchev–Trinajstić information content (AvgIpc) is 3.36. The molecule has 5 heteroatoms. The second-order valence-electron chi connectivity index (χ2n) is 7.36. The highest BCUT2D eigenvalue weighted by molar-refractivity contribution is 5.91. The zero-order chi connectivity index (χ0) is 17.9. The zero-order valence-electron chi connectivity index (χ0n) is 15.4. The van der Waals surface area contributed by atoms with Crippen molar-refractivity contribution in [3.8, 4) is 0 Å². The van der Waals surface area contributed by atoms with Crippen molar-refractivity contribution in [2.45, 2.75) is 31.7 Å². The number of carbonyl (C=O) groups excluding carboxylic acids is 1. The number of anilines is 1. The summed E-state index contributed by atoms with van der Waals surface area (Å²) in [6.07, 6.45) is 6.34. The highest BCUT2D eigenvalue weighted by Gasteiger charge is 2.26. The van der Waals surface area contributed by atoms with Crippen LogP contribution in [0.5, 0.6) is 0 Å². The number of hydrogen-bond acceptors (Lipinski definition) is 4. The van der Waals surface area contributed by atoms with Gasteiger partial charge in [-0.15, -0.1) is 0 Å². The van der Waals surface area contributed by atoms with Crippen LogP contribution in [0.4, 0.5) is 5.69 Å². The van der Waals surface area contributed by atoms with Crippen LogP contribution in [0, 0.1) is 0 Å². The van der Waals surface area contributed by atoms with Crippen molar-refractivity contribution in [1.82, 2.24) is 10.2 Å². The summed E-state index contributed by atoms with van der Waals surface area (Å²) in [6.45, 7) is 3.92. The van der Waals surface area contributed by atoms with Crippen LogP contribution in [-0.4, -0.2) is 44.0 Å². The number of aryl methyl sites for hydroxylation is 1. The van der Waals surface area contributed by atoms with Crippen LogP contribution in [0.1, 0.15) is 47.0 Å². The van der Waals surface area contributed by atoms with E-state index in [4.69, 9.17) is 4.42 Å². The van der Waals surface area contributed by atoms with E-state index < -0.39 is 0 Å². The maximum Gasteiger partial charge on any atom is 0.287 e. The average molecular weight is 353 g/mol. The number of rotatable bonds is 5. The van der Waals surface area contributed by atoms with Crippen LogP contribution in [-0.2, 0) is 6.42 Å². The molecule has 138 valence electrons. The SMILES string of the molecule is CN1CCCc2cc([C@H](CNC(=O)c3ccco3)N3CCCC3)ccc21. The minimum absolute atomic E-state index is 0.142. The Bertz CT molecular complexity index is 751. The summed E-state index contributed by atoms with van der Waals surface area (Å²) in [5.74, 6) is 0.231. The number of nitrogens with zero attached hydrogens (tertiary/aromatic N) is 2. The molecule has 4 rings (SSSR count). The second kappa shape index (κ2) is 7.54. The molecule has 0 saturated carbocycles. The molecule has 1 aromatic heterocycles. The molecule has 0 unspecified atom stereocenters. The van der Waals surface area contributed by atoms with E-state index >= 15 is 0 Å². The lowest BCUT2D eigenvalue weighted by Gasteiger charge is -2.31. The fraction of sp³-hybridized carbons (Fsp3) is 0.476. The molecule has 1 N–H and O–H groups in total. The van der Waals surface area contributed by atoms with Crippen LogP contribution >= 0.6 is 0 Å². The first kappa shape index (κ1) is 17.2. The minimum Gasteiger partial charge on any atom is -0.459 e. The summed E-state index contributed by atoms with van der Waals surface area (Å²) in [7, 11) is 2.17. The molecule has 1 atom stereocenters. The molecule has 1 saturated heterocycles. The number of furan rings is 1. The van der Waals surface area contributed by atoms with Crippen LogP contribution < -0.4 is 10.2 Å². The van der Waals surface area contributed by atoms with Gasteiger partial charge in [0.25, 0.3) is 5.91 Å². The first-order valence-electron chi connectivity index (χ1n) is 9.62. The molecule has 0 aliphatic carbocycles. The Kier molecular flexibility index (Phi) is 4.98. The van der Waals surface area contributed by atoms with E-state index in [9.17, 15) is 4.79 Å². The summed E-state index contributed by atoms with van der Waals surface area (Å²) in [5.41, 5.74) is 4.08. The summed E-state index contributed by atoms with van der Waals surface area (Å²) in [6, 6.07) is 10.5. The fourth-order valence-electron chi connectivity index (χ4n) is 4.21. The molecule has 2 aliphatic heterocycles. The largest absolute Gasteiger partial charge is 0.459 e. The molecule has 0 bridgehead atoms. The van der Waals surface area contributed by atoms with E-state index in [1.807, 2.05) is 0 Å². The molecule has 1 amide bonds. The molecule has 1 aromatic carbocycles. The molecule has 0 spiro atoms. The van der Waals surface area contributed by atoms with Crippen molar-refractivity contribution >= 4 is 11.6 Å². The van der Waals surface area contributed by atoms with Crippen molar-refractivity contribution in [2.75, 3.05) is 38.1 Å². The van der Waals surface area contributed by atoms with Gasteiger partial charge in [0.1, 0.15) is 0 Å². The molecule has 2 aliphatic rings. The Morgan fingerprint density at radius 2 is 2.04 bits per heavy atom. The van der Waals surface area contributed by atoms with E-state index in [1.165, 1.54) is 42.3 Å². The van der Waals surface area contributed by atoms with E-state index in [0.29, 0.717) is 12.3 Å². The van der Waals surface area contributed by atoms with E-state index in [1.54, 1.807) is 12.1 Å². The Morgan fingerprint density at radius 3 is 2.81 bits per heavy atom. The summed E-state index contributed by atoms with van der Waals surface area (Å²) >= 11 is 0. The van der Waals surface area contributed by atoms with Gasteiger partial charge in [-0.1, -0.05) is 12.1 Å². The predicted molar refractivity (Wildman–Crippen MR) is 103 cm³/mol. The van der Waals surface area contributed by atoms with Gasteiger partial charge in [0.15, 0.2) is 5.76 Å². The standard InChI is InChI=1S/C21H27N3O2/c1-23-10-4-6-16-14-17(8-9-18(16)23)19(24-11-2-3-12-24)15-22-21(25)20-7-5-13-26-20/h5,7-9,13-14,19H,2-4,6,10-12,15H2,1H3,(H,22,25)/t19-/m0/s1. The predicted octanol–water partition coefficient (Wildman–Crippen LogP) is 3.23. The van der Waals surface area contributed by atoms with Crippen molar-refractivity contribution in [3.05, 3.63) is 53.5 Å². The molecular formula is C21H27N3O2. The van der Waals surface area contributed by atoms with E-state index in [0.717, 1.165) is 26.1 Å². The van der Waals surface area contributed by atoms with E-state index in [2.05, 4.69) is 40.4 Å². The summed E-state index contributed by atoms with van der Waals surface area (Å²) in [4.78, 5) is 17.1. The first-order chi connectivity index (χ1) is 12.7. The molecule has 2 aromatic rings. The number of hydrogen-bond donors (Lipinski definition) is 1. The van der Waals surface area contributed by atoms with E-state index in [-0.39, 0.29) is 11.9 Å². The topological polar surface area (TPSA) is 48.7 Å². The molecule has 1 fully saturated rings. The lowest BCUT2D eigenvalue weighted by atomic mass is 9.96. The van der Waals surface area contributed by atoms with Gasteiger partial charge in [-0.05, 0) is 68.1 Å². The monoisotopic (exact) mass is 353 g/mol. The van der Waals surface area contributed by atoms with Gasteiger partial charge in [0, 0.05) is 25.8 Å². The normalized spacial score (nSPS) is 18.6. The number of likely N-dealkylation sites (tertiary alicyclic amines) is 1. The fourth-order valence-corrected chi connectivity index (χ4v) is 4.21.